The highest BCUT2D eigenvalue weighted by atomic mass is 32.1. The Morgan fingerprint density at radius 1 is 0.592 bits per heavy atom. The van der Waals surface area contributed by atoms with Crippen molar-refractivity contribution in [3.8, 4) is 11.1 Å². The average molecular weight is 647 g/mol. The molecule has 236 valence electrons. The summed E-state index contributed by atoms with van der Waals surface area (Å²) in [7, 11) is 0. The molecule has 0 unspecified atom stereocenters. The zero-order valence-electron chi connectivity index (χ0n) is 27.9. The third kappa shape index (κ3) is 5.21. The predicted molar refractivity (Wildman–Crippen MR) is 214 cm³/mol. The highest BCUT2D eigenvalue weighted by molar-refractivity contribution is 7.25. The van der Waals surface area contributed by atoms with Crippen LogP contribution < -0.4 is 0 Å². The van der Waals surface area contributed by atoms with Crippen LogP contribution in [0.15, 0.2) is 146 Å². The van der Waals surface area contributed by atoms with Crippen LogP contribution in [-0.2, 0) is 25.7 Å². The van der Waals surface area contributed by atoms with E-state index in [4.69, 9.17) is 0 Å². The fourth-order valence-electron chi connectivity index (χ4n) is 7.70. The van der Waals surface area contributed by atoms with Crippen molar-refractivity contribution < 1.29 is 0 Å². The maximum atomic E-state index is 4.66. The van der Waals surface area contributed by atoms with Gasteiger partial charge in [0, 0.05) is 20.2 Å². The monoisotopic (exact) mass is 646 g/mol. The molecule has 0 amide bonds. The molecule has 1 aromatic heterocycles. The second-order valence-electron chi connectivity index (χ2n) is 13.4. The number of aryl methyl sites for hydroxylation is 4. The second-order valence-corrected chi connectivity index (χ2v) is 14.5. The van der Waals surface area contributed by atoms with Gasteiger partial charge in [0.1, 0.15) is 0 Å². The lowest BCUT2D eigenvalue weighted by Gasteiger charge is -2.22. The molecule has 1 heterocycles. The van der Waals surface area contributed by atoms with Gasteiger partial charge >= 0.3 is 0 Å². The van der Waals surface area contributed by atoms with Gasteiger partial charge in [0.05, 0.1) is 0 Å². The van der Waals surface area contributed by atoms with Crippen LogP contribution in [-0.4, -0.2) is 0 Å². The van der Waals surface area contributed by atoms with Crippen LogP contribution in [0.4, 0.5) is 0 Å². The summed E-state index contributed by atoms with van der Waals surface area (Å²) in [5.41, 5.74) is 15.6. The Morgan fingerprint density at radius 3 is 2.12 bits per heavy atom. The van der Waals surface area contributed by atoms with Crippen molar-refractivity contribution in [3.63, 3.8) is 0 Å². The minimum absolute atomic E-state index is 1.02. The first kappa shape index (κ1) is 29.9. The van der Waals surface area contributed by atoms with E-state index in [-0.39, 0.29) is 0 Å². The summed E-state index contributed by atoms with van der Waals surface area (Å²) >= 11 is 1.92. The van der Waals surface area contributed by atoms with E-state index in [2.05, 4.69) is 153 Å². The van der Waals surface area contributed by atoms with Crippen molar-refractivity contribution in [2.75, 3.05) is 0 Å². The fraction of sp³-hybridized carbons (Fsp3) is 0.125. The Morgan fingerprint density at radius 2 is 1.33 bits per heavy atom. The Balaban J connectivity index is 1.19. The molecule has 0 radical (unpaired) electrons. The van der Waals surface area contributed by atoms with Gasteiger partial charge in [-0.1, -0.05) is 129 Å². The van der Waals surface area contributed by atoms with Gasteiger partial charge in [-0.05, 0) is 134 Å². The Kier molecular flexibility index (Phi) is 7.52. The van der Waals surface area contributed by atoms with Gasteiger partial charge in [0.15, 0.2) is 0 Å². The number of hydrogen-bond acceptors (Lipinski definition) is 1. The van der Waals surface area contributed by atoms with E-state index in [0.29, 0.717) is 0 Å². The quantitative estimate of drug-likeness (QED) is 0.144. The van der Waals surface area contributed by atoms with Crippen molar-refractivity contribution in [1.29, 1.82) is 0 Å². The first-order valence-corrected chi connectivity index (χ1v) is 18.4. The van der Waals surface area contributed by atoms with Gasteiger partial charge in [-0.15, -0.1) is 11.3 Å². The number of benzene rings is 6. The molecule has 0 bridgehead atoms. The maximum absolute atomic E-state index is 4.66. The Bertz CT molecular complexity index is 2550. The van der Waals surface area contributed by atoms with Crippen molar-refractivity contribution >= 4 is 53.4 Å². The third-order valence-corrected chi connectivity index (χ3v) is 11.7. The third-order valence-electron chi connectivity index (χ3n) is 10.6. The highest BCUT2D eigenvalue weighted by Crippen LogP contribution is 2.43. The van der Waals surface area contributed by atoms with E-state index in [0.717, 1.165) is 18.4 Å². The molecule has 6 aromatic carbocycles. The minimum atomic E-state index is 1.02. The van der Waals surface area contributed by atoms with Crippen LogP contribution in [0, 0.1) is 0 Å². The highest BCUT2D eigenvalue weighted by Gasteiger charge is 2.20. The molecule has 9 rings (SSSR count). The molecule has 0 atom stereocenters. The molecule has 0 saturated heterocycles. The van der Waals surface area contributed by atoms with E-state index in [1.165, 1.54) is 111 Å². The molecule has 49 heavy (non-hydrogen) atoms. The summed E-state index contributed by atoms with van der Waals surface area (Å²) in [6, 6.07) is 41.2. The van der Waals surface area contributed by atoms with E-state index >= 15 is 0 Å². The van der Waals surface area contributed by atoms with E-state index in [1.807, 2.05) is 11.3 Å². The average Bonchev–Trinajstić information content (AvgIpc) is 3.47. The molecule has 0 nitrogen and oxygen atoms in total. The van der Waals surface area contributed by atoms with Gasteiger partial charge in [-0.25, -0.2) is 0 Å². The number of rotatable bonds is 8. The molecule has 0 saturated carbocycles. The summed E-state index contributed by atoms with van der Waals surface area (Å²) in [6.07, 6.45) is 16.7. The smallest absolute Gasteiger partial charge is 0.0358 e. The van der Waals surface area contributed by atoms with Gasteiger partial charge < -0.3 is 0 Å². The van der Waals surface area contributed by atoms with Crippen molar-refractivity contribution in [2.24, 2.45) is 0 Å². The maximum Gasteiger partial charge on any atom is 0.0358 e. The topological polar surface area (TPSA) is 0 Å². The molecule has 0 fully saturated rings. The lowest BCUT2D eigenvalue weighted by Crippen LogP contribution is -2.08. The van der Waals surface area contributed by atoms with Crippen LogP contribution >= 0.6 is 11.3 Å². The molecule has 1 heteroatoms. The van der Waals surface area contributed by atoms with Crippen LogP contribution in [0.5, 0.6) is 0 Å². The number of hydrogen-bond donors (Lipinski definition) is 0. The summed E-state index contributed by atoms with van der Waals surface area (Å²) < 4.78 is 2.77. The molecule has 7 aromatic rings. The molecular weight excluding hydrogens is 609 g/mol. The molecular formula is C48H38S. The van der Waals surface area contributed by atoms with Crippen molar-refractivity contribution in [2.45, 2.75) is 39.0 Å². The zero-order valence-corrected chi connectivity index (χ0v) is 28.7. The van der Waals surface area contributed by atoms with Crippen LogP contribution in [0.25, 0.3) is 53.2 Å². The van der Waals surface area contributed by atoms with Gasteiger partial charge in [-0.2, -0.15) is 0 Å². The first-order chi connectivity index (χ1) is 24.2. The van der Waals surface area contributed by atoms with E-state index in [1.54, 1.807) is 0 Å². The van der Waals surface area contributed by atoms with Crippen LogP contribution in [0.3, 0.4) is 0 Å². The lowest BCUT2D eigenvalue weighted by molar-refractivity contribution is 0.838. The molecule has 0 spiro atoms. The lowest BCUT2D eigenvalue weighted by atomic mass is 9.82. The molecule has 2 aliphatic carbocycles. The van der Waals surface area contributed by atoms with Gasteiger partial charge in [0.2, 0.25) is 0 Å². The largest absolute Gasteiger partial charge is 0.135 e. The number of allylic oxidation sites excluding steroid dienone is 5. The van der Waals surface area contributed by atoms with Crippen LogP contribution in [0.1, 0.15) is 57.9 Å². The minimum Gasteiger partial charge on any atom is -0.135 e. The summed E-state index contributed by atoms with van der Waals surface area (Å²) in [5.74, 6) is 0. The number of thiophene rings is 1. The van der Waals surface area contributed by atoms with Crippen LogP contribution in [0.2, 0.25) is 0 Å². The second kappa shape index (κ2) is 12.3. The molecule has 0 N–H and O–H groups in total. The Hall–Kier alpha value is -5.24. The summed E-state index contributed by atoms with van der Waals surface area (Å²) in [6.45, 7) is 6.83. The van der Waals surface area contributed by atoms with Crippen molar-refractivity contribution in [1.82, 2.24) is 0 Å². The summed E-state index contributed by atoms with van der Waals surface area (Å²) in [5, 5.41) is 5.29. The summed E-state index contributed by atoms with van der Waals surface area (Å²) in [4.78, 5) is 0. The van der Waals surface area contributed by atoms with Gasteiger partial charge in [-0.3, -0.25) is 0 Å². The fourth-order valence-corrected chi connectivity index (χ4v) is 8.83. The molecule has 2 aliphatic rings. The van der Waals surface area contributed by atoms with E-state index < -0.39 is 0 Å². The number of fused-ring (bicyclic) bond motifs is 6. The van der Waals surface area contributed by atoms with E-state index in [9.17, 15) is 0 Å². The molecule has 0 aliphatic heterocycles. The normalized spacial score (nSPS) is 14.0. The first-order valence-electron chi connectivity index (χ1n) is 17.6. The Labute approximate surface area is 293 Å². The van der Waals surface area contributed by atoms with Crippen molar-refractivity contribution in [3.05, 3.63) is 191 Å². The predicted octanol–water partition coefficient (Wildman–Crippen LogP) is 13.1. The van der Waals surface area contributed by atoms with Gasteiger partial charge in [0.25, 0.3) is 0 Å². The zero-order chi connectivity index (χ0) is 32.9. The SMILES string of the molecule is C=C(c1ccc2c(c1)CC2)c1ccccc1/C(=C/C=C\C=C/CC)c1ccc(-c2ccc3sc4cc5c(cc4c3c2)CC5)c2ccccc12. The standard InChI is InChI=1S/C48H38S/c1-3-4-5-6-7-13-42(40-14-9-8-12-38(40)31(2)33-19-17-32-18-20-34(32)27-33)44-25-24-39(41-15-10-11-16-43(41)44)37-23-26-47-45(29-37)46-28-35-21-22-36(35)30-48(46)49-47/h4-17,19,23-30H,2-3,18,20-22H2,1H3/b5-4-,7-6-,42-13-.